The van der Waals surface area contributed by atoms with Crippen molar-refractivity contribution in [3.05, 3.63) is 17.5 Å². The van der Waals surface area contributed by atoms with Crippen LogP contribution in [0.2, 0.25) is 5.15 Å². The summed E-state index contributed by atoms with van der Waals surface area (Å²) in [6, 6.07) is 0. The molecule has 1 fully saturated rings. The van der Waals surface area contributed by atoms with Crippen molar-refractivity contribution in [1.29, 1.82) is 0 Å². The van der Waals surface area contributed by atoms with Crippen LogP contribution in [-0.2, 0) is 4.79 Å². The number of nitrogens with zero attached hydrogens (tertiary/aromatic N) is 2. The minimum Gasteiger partial charge on any atom is -0.309 e. The monoisotopic (exact) mass is 253 g/mol. The number of rotatable bonds is 2. The molecule has 1 atom stereocenters. The summed E-state index contributed by atoms with van der Waals surface area (Å²) in [4.78, 5) is 20.0. The van der Waals surface area contributed by atoms with E-state index in [9.17, 15) is 4.79 Å². The molecule has 1 aromatic rings. The highest BCUT2D eigenvalue weighted by molar-refractivity contribution is 6.29. The summed E-state index contributed by atoms with van der Waals surface area (Å²) in [5.41, 5.74) is 0.0734. The molecular weight excluding hydrogens is 238 g/mol. The van der Waals surface area contributed by atoms with Gasteiger partial charge in [-0.2, -0.15) is 0 Å². The van der Waals surface area contributed by atoms with Gasteiger partial charge in [-0.3, -0.25) is 4.79 Å². The molecule has 0 aromatic carbocycles. The van der Waals surface area contributed by atoms with Crippen molar-refractivity contribution < 1.29 is 4.79 Å². The summed E-state index contributed by atoms with van der Waals surface area (Å²) in [5, 5.41) is 3.12. The molecule has 17 heavy (non-hydrogen) atoms. The van der Waals surface area contributed by atoms with Crippen LogP contribution in [0, 0.1) is 11.3 Å². The molecule has 1 saturated carbocycles. The number of carbonyl (C=O) groups is 1. The summed E-state index contributed by atoms with van der Waals surface area (Å²) in [6.45, 7) is 4.27. The fourth-order valence-electron chi connectivity index (χ4n) is 2.40. The topological polar surface area (TPSA) is 54.9 Å². The lowest BCUT2D eigenvalue weighted by molar-refractivity contribution is -0.122. The molecular formula is C12H16ClN3O. The van der Waals surface area contributed by atoms with E-state index in [1.807, 2.05) is 0 Å². The van der Waals surface area contributed by atoms with Gasteiger partial charge >= 0.3 is 0 Å². The molecule has 1 aromatic heterocycles. The predicted octanol–water partition coefficient (Wildman–Crippen LogP) is 2.89. The molecule has 0 saturated heterocycles. The predicted molar refractivity (Wildman–Crippen MR) is 66.8 cm³/mol. The van der Waals surface area contributed by atoms with Crippen molar-refractivity contribution >= 4 is 23.3 Å². The number of halogens is 1. The third-order valence-electron chi connectivity index (χ3n) is 3.45. The molecule has 1 aliphatic rings. The summed E-state index contributed by atoms with van der Waals surface area (Å²) < 4.78 is 0. The minimum atomic E-state index is 0.0316. The molecule has 4 nitrogen and oxygen atoms in total. The maximum Gasteiger partial charge on any atom is 0.229 e. The minimum absolute atomic E-state index is 0.0316. The normalized spacial score (nSPS) is 22.4. The maximum atomic E-state index is 12.1. The highest BCUT2D eigenvalue weighted by Crippen LogP contribution is 2.42. The molecule has 1 N–H and O–H groups in total. The van der Waals surface area contributed by atoms with Crippen LogP contribution in [0.1, 0.15) is 33.1 Å². The van der Waals surface area contributed by atoms with Crippen LogP contribution in [0.25, 0.3) is 0 Å². The number of hydrogen-bond acceptors (Lipinski definition) is 3. The van der Waals surface area contributed by atoms with Gasteiger partial charge in [-0.1, -0.05) is 31.9 Å². The van der Waals surface area contributed by atoms with Gasteiger partial charge in [0, 0.05) is 5.92 Å². The van der Waals surface area contributed by atoms with Gasteiger partial charge in [0.15, 0.2) is 5.82 Å². The van der Waals surface area contributed by atoms with Gasteiger partial charge < -0.3 is 5.32 Å². The Balaban J connectivity index is 2.04. The SMILES string of the molecule is CC1(C)CCCC1C(=O)Nc1cnc(Cl)cn1. The molecule has 92 valence electrons. The highest BCUT2D eigenvalue weighted by atomic mass is 35.5. The lowest BCUT2D eigenvalue weighted by Crippen LogP contribution is -2.31. The maximum absolute atomic E-state index is 12.1. The average molecular weight is 254 g/mol. The first-order valence-corrected chi connectivity index (χ1v) is 6.15. The average Bonchev–Trinajstić information content (AvgIpc) is 2.61. The smallest absolute Gasteiger partial charge is 0.229 e. The Hall–Kier alpha value is -1.16. The first-order chi connectivity index (χ1) is 7.99. The lowest BCUT2D eigenvalue weighted by atomic mass is 9.81. The molecule has 1 heterocycles. The van der Waals surface area contributed by atoms with Gasteiger partial charge in [0.25, 0.3) is 0 Å². The Kier molecular flexibility index (Phi) is 3.33. The molecule has 1 unspecified atom stereocenters. The third kappa shape index (κ3) is 2.75. The number of anilines is 1. The van der Waals surface area contributed by atoms with Crippen molar-refractivity contribution in [2.45, 2.75) is 33.1 Å². The largest absolute Gasteiger partial charge is 0.309 e. The number of aromatic nitrogens is 2. The number of amides is 1. The number of nitrogens with one attached hydrogen (secondary N) is 1. The zero-order valence-electron chi connectivity index (χ0n) is 10.0. The first kappa shape index (κ1) is 12.3. The summed E-state index contributed by atoms with van der Waals surface area (Å²) in [7, 11) is 0. The van der Waals surface area contributed by atoms with Crippen LogP contribution in [-0.4, -0.2) is 15.9 Å². The second kappa shape index (κ2) is 4.61. The second-order valence-electron chi connectivity index (χ2n) is 5.15. The van der Waals surface area contributed by atoms with Gasteiger partial charge in [0.05, 0.1) is 12.4 Å². The van der Waals surface area contributed by atoms with Crippen LogP contribution < -0.4 is 5.32 Å². The van der Waals surface area contributed by atoms with E-state index in [4.69, 9.17) is 11.6 Å². The van der Waals surface area contributed by atoms with E-state index in [2.05, 4.69) is 29.1 Å². The van der Waals surface area contributed by atoms with Crippen molar-refractivity contribution in [2.75, 3.05) is 5.32 Å². The van der Waals surface area contributed by atoms with E-state index >= 15 is 0 Å². The van der Waals surface area contributed by atoms with Crippen LogP contribution in [0.4, 0.5) is 5.82 Å². The molecule has 0 spiro atoms. The van der Waals surface area contributed by atoms with E-state index in [0.717, 1.165) is 19.3 Å². The molecule has 1 aliphatic carbocycles. The number of carbonyl (C=O) groups excluding carboxylic acids is 1. The van der Waals surface area contributed by atoms with Gasteiger partial charge in [0.2, 0.25) is 5.91 Å². The van der Waals surface area contributed by atoms with E-state index in [1.54, 1.807) is 0 Å². The molecule has 2 rings (SSSR count). The summed E-state index contributed by atoms with van der Waals surface area (Å²) in [5.74, 6) is 0.547. The molecule has 0 radical (unpaired) electrons. The fraction of sp³-hybridized carbons (Fsp3) is 0.583. The standard InChI is InChI=1S/C12H16ClN3O/c1-12(2)5-3-4-8(12)11(17)16-10-7-14-9(13)6-15-10/h6-8H,3-5H2,1-2H3,(H,15,16,17). The summed E-state index contributed by atoms with van der Waals surface area (Å²) in [6.07, 6.45) is 6.05. The fourth-order valence-corrected chi connectivity index (χ4v) is 2.50. The van der Waals surface area contributed by atoms with E-state index in [0.29, 0.717) is 11.0 Å². The van der Waals surface area contributed by atoms with Gasteiger partial charge in [-0.15, -0.1) is 0 Å². The van der Waals surface area contributed by atoms with Gasteiger partial charge in [0.1, 0.15) is 5.15 Å². The second-order valence-corrected chi connectivity index (χ2v) is 5.53. The van der Waals surface area contributed by atoms with E-state index < -0.39 is 0 Å². The van der Waals surface area contributed by atoms with Crippen molar-refractivity contribution in [1.82, 2.24) is 9.97 Å². The Bertz CT molecular complexity index is 416. The molecule has 5 heteroatoms. The van der Waals surface area contributed by atoms with Crippen LogP contribution in [0.3, 0.4) is 0 Å². The Morgan fingerprint density at radius 1 is 1.47 bits per heavy atom. The van der Waals surface area contributed by atoms with Gasteiger partial charge in [-0.05, 0) is 18.3 Å². The Labute approximate surface area is 106 Å². The quantitative estimate of drug-likeness (QED) is 0.882. The summed E-state index contributed by atoms with van der Waals surface area (Å²) >= 11 is 5.63. The zero-order valence-corrected chi connectivity index (χ0v) is 10.8. The van der Waals surface area contributed by atoms with Crippen LogP contribution in [0.5, 0.6) is 0 Å². The molecule has 1 amide bonds. The lowest BCUT2D eigenvalue weighted by Gasteiger charge is -2.25. The third-order valence-corrected chi connectivity index (χ3v) is 3.64. The van der Waals surface area contributed by atoms with Gasteiger partial charge in [-0.25, -0.2) is 9.97 Å². The zero-order chi connectivity index (χ0) is 12.5. The van der Waals surface area contributed by atoms with E-state index in [-0.39, 0.29) is 17.2 Å². The molecule has 0 bridgehead atoms. The number of hydrogen-bond donors (Lipinski definition) is 1. The first-order valence-electron chi connectivity index (χ1n) is 5.77. The van der Waals surface area contributed by atoms with Crippen molar-refractivity contribution in [3.8, 4) is 0 Å². The highest BCUT2D eigenvalue weighted by Gasteiger charge is 2.39. The van der Waals surface area contributed by atoms with E-state index in [1.165, 1.54) is 12.4 Å². The van der Waals surface area contributed by atoms with Crippen LogP contribution in [0.15, 0.2) is 12.4 Å². The van der Waals surface area contributed by atoms with Crippen LogP contribution >= 0.6 is 11.6 Å². The van der Waals surface area contributed by atoms with Crippen molar-refractivity contribution in [2.24, 2.45) is 11.3 Å². The molecule has 0 aliphatic heterocycles. The Morgan fingerprint density at radius 2 is 2.24 bits per heavy atom. The Morgan fingerprint density at radius 3 is 2.76 bits per heavy atom. The van der Waals surface area contributed by atoms with Crippen molar-refractivity contribution in [3.63, 3.8) is 0 Å².